The fraction of sp³-hybridized carbons (Fsp3) is 0.286. The third-order valence-electron chi connectivity index (χ3n) is 3.37. The highest BCUT2D eigenvalue weighted by atomic mass is 32.1. The van der Waals surface area contributed by atoms with Crippen LogP contribution in [0.5, 0.6) is 0 Å². The van der Waals surface area contributed by atoms with Gasteiger partial charge in [-0.3, -0.25) is 14.6 Å². The number of carbonyl (C=O) groups is 2. The van der Waals surface area contributed by atoms with Crippen LogP contribution in [0.1, 0.15) is 23.3 Å². The number of hydrogen-bond acceptors (Lipinski definition) is 5. The lowest BCUT2D eigenvalue weighted by Crippen LogP contribution is -2.52. The van der Waals surface area contributed by atoms with E-state index in [1.807, 2.05) is 6.07 Å². The maximum absolute atomic E-state index is 12.5. The molecule has 1 aliphatic heterocycles. The summed E-state index contributed by atoms with van der Waals surface area (Å²) in [5.74, 6) is -0.402. The third-order valence-corrected chi connectivity index (χ3v) is 3.95. The van der Waals surface area contributed by atoms with Crippen LogP contribution >= 0.6 is 11.3 Å². The molecule has 1 fully saturated rings. The van der Waals surface area contributed by atoms with Crippen molar-refractivity contribution in [2.24, 2.45) is 0 Å². The number of thiazole rings is 1. The van der Waals surface area contributed by atoms with Crippen molar-refractivity contribution in [3.8, 4) is 0 Å². The monoisotopic (exact) mass is 302 g/mol. The third kappa shape index (κ3) is 2.92. The normalized spacial score (nSPS) is 18.6. The molecule has 6 nitrogen and oxygen atoms in total. The van der Waals surface area contributed by atoms with Gasteiger partial charge < -0.3 is 10.2 Å². The second-order valence-electron chi connectivity index (χ2n) is 4.74. The molecule has 1 aliphatic rings. The molecule has 108 valence electrons. The van der Waals surface area contributed by atoms with Crippen molar-refractivity contribution in [2.75, 3.05) is 11.4 Å². The summed E-state index contributed by atoms with van der Waals surface area (Å²) in [5, 5.41) is 4.43. The zero-order chi connectivity index (χ0) is 14.7. The van der Waals surface area contributed by atoms with Gasteiger partial charge in [0.15, 0.2) is 0 Å². The van der Waals surface area contributed by atoms with Crippen LogP contribution in [-0.2, 0) is 4.79 Å². The molecule has 0 aromatic carbocycles. The largest absolute Gasteiger partial charge is 0.339 e. The molecule has 3 heterocycles. The first-order valence-corrected chi connectivity index (χ1v) is 7.60. The Kier molecular flexibility index (Phi) is 3.92. The van der Waals surface area contributed by atoms with Crippen LogP contribution < -0.4 is 10.2 Å². The summed E-state index contributed by atoms with van der Waals surface area (Å²) >= 11 is 1.35. The van der Waals surface area contributed by atoms with Crippen molar-refractivity contribution in [3.05, 3.63) is 41.1 Å². The molecule has 0 radical (unpaired) electrons. The molecule has 1 saturated heterocycles. The number of carbonyl (C=O) groups excluding carboxylic acids is 2. The van der Waals surface area contributed by atoms with E-state index in [0.29, 0.717) is 18.7 Å². The number of amides is 2. The molecule has 1 unspecified atom stereocenters. The second-order valence-corrected chi connectivity index (χ2v) is 5.46. The van der Waals surface area contributed by atoms with Crippen LogP contribution in [0.2, 0.25) is 0 Å². The summed E-state index contributed by atoms with van der Waals surface area (Å²) < 4.78 is 0. The first kappa shape index (κ1) is 13.7. The van der Waals surface area contributed by atoms with Gasteiger partial charge in [-0.2, -0.15) is 0 Å². The highest BCUT2D eigenvalue weighted by molar-refractivity contribution is 7.07. The summed E-state index contributed by atoms with van der Waals surface area (Å²) in [6.45, 7) is 0.646. The van der Waals surface area contributed by atoms with Gasteiger partial charge in [-0.05, 0) is 25.0 Å². The van der Waals surface area contributed by atoms with E-state index in [1.165, 1.54) is 11.3 Å². The van der Waals surface area contributed by atoms with E-state index >= 15 is 0 Å². The van der Waals surface area contributed by atoms with E-state index in [9.17, 15) is 9.59 Å². The van der Waals surface area contributed by atoms with Gasteiger partial charge >= 0.3 is 0 Å². The molecule has 0 spiro atoms. The number of nitrogens with zero attached hydrogens (tertiary/aromatic N) is 3. The van der Waals surface area contributed by atoms with E-state index < -0.39 is 6.04 Å². The Morgan fingerprint density at radius 3 is 3.10 bits per heavy atom. The van der Waals surface area contributed by atoms with Crippen LogP contribution in [-0.4, -0.2) is 34.4 Å². The summed E-state index contributed by atoms with van der Waals surface area (Å²) in [4.78, 5) is 34.2. The first-order chi connectivity index (χ1) is 10.3. The maximum atomic E-state index is 12.5. The zero-order valence-electron chi connectivity index (χ0n) is 11.2. The minimum Gasteiger partial charge on any atom is -0.339 e. The minimum atomic E-state index is -0.506. The number of pyridine rings is 1. The lowest BCUT2D eigenvalue weighted by molar-refractivity contribution is -0.121. The summed E-state index contributed by atoms with van der Waals surface area (Å²) in [6, 6.07) is 3.13. The van der Waals surface area contributed by atoms with E-state index in [0.717, 1.165) is 12.1 Å². The van der Waals surface area contributed by atoms with Crippen LogP contribution in [0.4, 0.5) is 5.69 Å². The van der Waals surface area contributed by atoms with Gasteiger partial charge in [-0.1, -0.05) is 0 Å². The van der Waals surface area contributed by atoms with E-state index in [2.05, 4.69) is 15.3 Å². The Balaban J connectivity index is 1.72. The van der Waals surface area contributed by atoms with E-state index in [1.54, 1.807) is 34.3 Å². The molecule has 0 saturated carbocycles. The Morgan fingerprint density at radius 1 is 1.48 bits per heavy atom. The van der Waals surface area contributed by atoms with Gasteiger partial charge in [-0.25, -0.2) is 4.98 Å². The van der Waals surface area contributed by atoms with Gasteiger partial charge in [0.25, 0.3) is 5.91 Å². The summed E-state index contributed by atoms with van der Waals surface area (Å²) in [6.07, 6.45) is 4.80. The Bertz CT molecular complexity index is 630. The number of aromatic nitrogens is 2. The predicted octanol–water partition coefficient (Wildman–Crippen LogP) is 1.46. The molecule has 2 aromatic rings. The van der Waals surface area contributed by atoms with Crippen LogP contribution in [0.25, 0.3) is 0 Å². The van der Waals surface area contributed by atoms with Gasteiger partial charge in [0, 0.05) is 18.1 Å². The van der Waals surface area contributed by atoms with Crippen molar-refractivity contribution in [1.82, 2.24) is 15.3 Å². The van der Waals surface area contributed by atoms with Crippen molar-refractivity contribution in [1.29, 1.82) is 0 Å². The second kappa shape index (κ2) is 6.01. The van der Waals surface area contributed by atoms with Crippen LogP contribution in [0.15, 0.2) is 35.4 Å². The van der Waals surface area contributed by atoms with Gasteiger partial charge in [0.05, 0.1) is 17.4 Å². The van der Waals surface area contributed by atoms with Gasteiger partial charge in [-0.15, -0.1) is 11.3 Å². The average molecular weight is 302 g/mol. The zero-order valence-corrected chi connectivity index (χ0v) is 12.0. The summed E-state index contributed by atoms with van der Waals surface area (Å²) in [5.41, 5.74) is 2.71. The topological polar surface area (TPSA) is 75.2 Å². The number of anilines is 1. The maximum Gasteiger partial charge on any atom is 0.271 e. The van der Waals surface area contributed by atoms with E-state index in [4.69, 9.17) is 0 Å². The molecule has 7 heteroatoms. The fourth-order valence-electron chi connectivity index (χ4n) is 2.34. The predicted molar refractivity (Wildman–Crippen MR) is 79.2 cm³/mol. The lowest BCUT2D eigenvalue weighted by Gasteiger charge is -2.32. The molecule has 0 aliphatic carbocycles. The molecule has 3 rings (SSSR count). The Morgan fingerprint density at radius 2 is 2.38 bits per heavy atom. The van der Waals surface area contributed by atoms with Crippen molar-refractivity contribution < 1.29 is 9.59 Å². The van der Waals surface area contributed by atoms with Crippen LogP contribution in [0, 0.1) is 0 Å². The van der Waals surface area contributed by atoms with Crippen LogP contribution in [0.3, 0.4) is 0 Å². The molecule has 1 atom stereocenters. The smallest absolute Gasteiger partial charge is 0.271 e. The molecule has 1 N–H and O–H groups in total. The number of piperidine rings is 1. The first-order valence-electron chi connectivity index (χ1n) is 6.66. The van der Waals surface area contributed by atoms with Crippen molar-refractivity contribution in [3.63, 3.8) is 0 Å². The molecular formula is C14H14N4O2S. The average Bonchev–Trinajstić information content (AvgIpc) is 3.05. The minimum absolute atomic E-state index is 0.0992. The molecule has 2 aromatic heterocycles. The quantitative estimate of drug-likeness (QED) is 0.931. The van der Waals surface area contributed by atoms with Crippen molar-refractivity contribution in [2.45, 2.75) is 18.9 Å². The fourth-order valence-corrected chi connectivity index (χ4v) is 2.87. The Labute approximate surface area is 125 Å². The van der Waals surface area contributed by atoms with E-state index in [-0.39, 0.29) is 11.8 Å². The highest BCUT2D eigenvalue weighted by Crippen LogP contribution is 2.20. The summed E-state index contributed by atoms with van der Waals surface area (Å²) in [7, 11) is 0. The Hall–Kier alpha value is -2.28. The van der Waals surface area contributed by atoms with Gasteiger partial charge in [0.2, 0.25) is 5.91 Å². The van der Waals surface area contributed by atoms with Gasteiger partial charge in [0.1, 0.15) is 11.7 Å². The lowest BCUT2D eigenvalue weighted by atomic mass is 10.0. The van der Waals surface area contributed by atoms with Crippen molar-refractivity contribution >= 4 is 28.8 Å². The molecular weight excluding hydrogens is 288 g/mol. The number of nitrogens with one attached hydrogen (secondary N) is 1. The SMILES string of the molecule is O=C(NC1CCCN(c2cccnc2)C1=O)c1cscn1. The number of hydrogen-bond donors (Lipinski definition) is 1. The highest BCUT2D eigenvalue weighted by Gasteiger charge is 2.31. The molecule has 2 amide bonds. The standard InChI is InChI=1S/C14H14N4O2S/c19-13(12-8-21-9-16-12)17-11-4-2-6-18(14(11)20)10-3-1-5-15-7-10/h1,3,5,7-9,11H,2,4,6H2,(H,17,19). The number of rotatable bonds is 3. The molecule has 0 bridgehead atoms. The molecule has 21 heavy (non-hydrogen) atoms.